The molecule has 2 aliphatic heterocycles. The number of piperidine rings is 1. The molecule has 2 fully saturated rings. The summed E-state index contributed by atoms with van der Waals surface area (Å²) in [5.74, 6) is 0.991. The number of nitrogens with two attached hydrogens (primary N) is 1. The van der Waals surface area contributed by atoms with Gasteiger partial charge in [0.05, 0.1) is 17.1 Å². The largest absolute Gasteiger partial charge is 0.367 e. The van der Waals surface area contributed by atoms with Crippen LogP contribution < -0.4 is 31.5 Å². The van der Waals surface area contributed by atoms with Gasteiger partial charge in [-0.2, -0.15) is 4.98 Å². The summed E-state index contributed by atoms with van der Waals surface area (Å²) in [6.07, 6.45) is 3.43. The fourth-order valence-electron chi connectivity index (χ4n) is 5.06. The van der Waals surface area contributed by atoms with E-state index in [1.54, 1.807) is 25.4 Å². The molecule has 2 saturated heterocycles. The Hall–Kier alpha value is -3.77. The van der Waals surface area contributed by atoms with E-state index >= 15 is 0 Å². The molecule has 202 valence electrons. The first kappa shape index (κ1) is 25.9. The van der Waals surface area contributed by atoms with Crippen molar-refractivity contribution in [2.24, 2.45) is 11.7 Å². The van der Waals surface area contributed by atoms with Gasteiger partial charge in [0.2, 0.25) is 5.95 Å². The summed E-state index contributed by atoms with van der Waals surface area (Å²) in [6, 6.07) is 6.94. The Morgan fingerprint density at radius 1 is 1.16 bits per heavy atom. The van der Waals surface area contributed by atoms with Crippen LogP contribution in [0.3, 0.4) is 0 Å². The number of amides is 1. The third kappa shape index (κ3) is 5.55. The molecule has 5 rings (SSSR count). The van der Waals surface area contributed by atoms with Gasteiger partial charge in [-0.3, -0.25) is 4.79 Å². The van der Waals surface area contributed by atoms with Crippen molar-refractivity contribution in [1.82, 2.24) is 25.3 Å². The first-order chi connectivity index (χ1) is 18.4. The van der Waals surface area contributed by atoms with Crippen molar-refractivity contribution in [3.05, 3.63) is 42.1 Å². The molecule has 1 amide bonds. The van der Waals surface area contributed by atoms with Crippen molar-refractivity contribution < 1.29 is 9.18 Å². The van der Waals surface area contributed by atoms with E-state index in [0.29, 0.717) is 60.3 Å². The number of H-pyrrole nitrogens is 1. The van der Waals surface area contributed by atoms with Crippen LogP contribution in [-0.4, -0.2) is 78.2 Å². The topological polar surface area (TPSA) is 140 Å². The van der Waals surface area contributed by atoms with Crippen LogP contribution in [0.15, 0.2) is 30.5 Å². The summed E-state index contributed by atoms with van der Waals surface area (Å²) in [5.41, 5.74) is 7.73. The van der Waals surface area contributed by atoms with Crippen molar-refractivity contribution >= 4 is 29.0 Å². The summed E-state index contributed by atoms with van der Waals surface area (Å²) in [6.45, 7) is 6.67. The van der Waals surface area contributed by atoms with Crippen LogP contribution >= 0.6 is 0 Å². The zero-order valence-corrected chi connectivity index (χ0v) is 21.8. The van der Waals surface area contributed by atoms with Crippen LogP contribution in [0.4, 0.5) is 27.5 Å². The number of nitrogens with one attached hydrogen (secondary N) is 4. The number of aromatic amines is 1. The number of para-hydroxylation sites is 1. The molecule has 2 aliphatic rings. The van der Waals surface area contributed by atoms with E-state index < -0.39 is 5.91 Å². The van der Waals surface area contributed by atoms with Crippen LogP contribution in [0.5, 0.6) is 0 Å². The molecule has 0 aliphatic carbocycles. The Kier molecular flexibility index (Phi) is 7.70. The number of hydrogen-bond acceptors (Lipinski definition) is 9. The third-order valence-electron chi connectivity index (χ3n) is 7.18. The molecular weight excluding hydrogens is 487 g/mol. The average molecular weight is 523 g/mol. The number of rotatable bonds is 7. The zero-order valence-electron chi connectivity index (χ0n) is 21.8. The molecule has 0 bridgehead atoms. The Morgan fingerprint density at radius 2 is 1.97 bits per heavy atom. The molecule has 1 atom stereocenters. The second-order valence-corrected chi connectivity index (χ2v) is 9.88. The van der Waals surface area contributed by atoms with Gasteiger partial charge in [0, 0.05) is 58.1 Å². The maximum atomic E-state index is 14.9. The molecule has 38 heavy (non-hydrogen) atoms. The fourth-order valence-corrected chi connectivity index (χ4v) is 5.06. The Bertz CT molecular complexity index is 1270. The van der Waals surface area contributed by atoms with E-state index in [-0.39, 0.29) is 11.6 Å². The third-order valence-corrected chi connectivity index (χ3v) is 7.18. The van der Waals surface area contributed by atoms with Gasteiger partial charge in [-0.05, 0) is 44.4 Å². The maximum absolute atomic E-state index is 14.9. The van der Waals surface area contributed by atoms with Gasteiger partial charge in [0.1, 0.15) is 17.3 Å². The number of aromatic nitrogens is 4. The normalized spacial score (nSPS) is 18.5. The van der Waals surface area contributed by atoms with Gasteiger partial charge in [0.25, 0.3) is 5.91 Å². The van der Waals surface area contributed by atoms with Crippen LogP contribution in [0, 0.1) is 11.7 Å². The van der Waals surface area contributed by atoms with Crippen LogP contribution in [0.25, 0.3) is 11.4 Å². The molecule has 6 N–H and O–H groups in total. The smallest absolute Gasteiger partial charge is 0.291 e. The van der Waals surface area contributed by atoms with Gasteiger partial charge in [0.15, 0.2) is 5.82 Å². The molecule has 0 saturated carbocycles. The van der Waals surface area contributed by atoms with E-state index in [0.717, 1.165) is 38.3 Å². The number of carbonyl (C=O) groups excluding carboxylic acids is 1. The lowest BCUT2D eigenvalue weighted by atomic mass is 9.96. The van der Waals surface area contributed by atoms with Gasteiger partial charge in [-0.15, -0.1) is 0 Å². The second kappa shape index (κ2) is 11.3. The van der Waals surface area contributed by atoms with Crippen molar-refractivity contribution in [3.63, 3.8) is 0 Å². The van der Waals surface area contributed by atoms with E-state index in [9.17, 15) is 9.18 Å². The monoisotopic (exact) mass is 522 g/mol. The van der Waals surface area contributed by atoms with Crippen LogP contribution in [0.1, 0.15) is 30.4 Å². The lowest BCUT2D eigenvalue weighted by Crippen LogP contribution is -2.49. The number of hydrogen-bond donors (Lipinski definition) is 5. The number of imidazole rings is 1. The Morgan fingerprint density at radius 3 is 2.71 bits per heavy atom. The molecule has 12 heteroatoms. The Balaban J connectivity index is 1.35. The van der Waals surface area contributed by atoms with Crippen molar-refractivity contribution in [1.29, 1.82) is 0 Å². The lowest BCUT2D eigenvalue weighted by Gasteiger charge is -2.34. The quantitative estimate of drug-likeness (QED) is 0.316. The van der Waals surface area contributed by atoms with Gasteiger partial charge >= 0.3 is 0 Å². The van der Waals surface area contributed by atoms with Crippen LogP contribution in [0.2, 0.25) is 0 Å². The number of halogens is 1. The zero-order chi connectivity index (χ0) is 26.6. The summed E-state index contributed by atoms with van der Waals surface area (Å²) in [7, 11) is 1.77. The molecule has 11 nitrogen and oxygen atoms in total. The molecule has 1 unspecified atom stereocenters. The number of piperazine rings is 1. The summed E-state index contributed by atoms with van der Waals surface area (Å²) < 4.78 is 14.9. The van der Waals surface area contributed by atoms with Gasteiger partial charge in [-0.25, -0.2) is 14.4 Å². The molecule has 1 aromatic carbocycles. The molecule has 3 aromatic rings. The predicted molar refractivity (Wildman–Crippen MR) is 147 cm³/mol. The SMILES string of the molecule is CNc1nc(-c2c[nH]c(C(=O)Nc3cccc(F)c3N3CCC(CN)CC3)n2)cc(N2CCNC(C)C2)n1. The predicted octanol–water partition coefficient (Wildman–Crippen LogP) is 2.27. The first-order valence-corrected chi connectivity index (χ1v) is 13.1. The highest BCUT2D eigenvalue weighted by Crippen LogP contribution is 2.33. The van der Waals surface area contributed by atoms with Crippen molar-refractivity contribution in [3.8, 4) is 11.4 Å². The summed E-state index contributed by atoms with van der Waals surface area (Å²) >= 11 is 0. The van der Waals surface area contributed by atoms with E-state index in [4.69, 9.17) is 5.73 Å². The summed E-state index contributed by atoms with van der Waals surface area (Å²) in [4.78, 5) is 33.9. The van der Waals surface area contributed by atoms with Gasteiger partial charge < -0.3 is 36.5 Å². The second-order valence-electron chi connectivity index (χ2n) is 9.88. The van der Waals surface area contributed by atoms with Gasteiger partial charge in [-0.1, -0.05) is 6.07 Å². The Labute approximate surface area is 221 Å². The number of nitrogens with zero attached hydrogens (tertiary/aromatic N) is 5. The molecule has 4 heterocycles. The number of anilines is 4. The highest BCUT2D eigenvalue weighted by Gasteiger charge is 2.25. The van der Waals surface area contributed by atoms with E-state index in [1.165, 1.54) is 6.07 Å². The minimum Gasteiger partial charge on any atom is -0.367 e. The molecule has 2 aromatic heterocycles. The molecule has 0 spiro atoms. The number of carbonyl (C=O) groups is 1. The highest BCUT2D eigenvalue weighted by molar-refractivity contribution is 6.04. The van der Waals surface area contributed by atoms with Crippen molar-refractivity contribution in [2.75, 3.05) is 66.7 Å². The fraction of sp³-hybridized carbons (Fsp3) is 0.462. The highest BCUT2D eigenvalue weighted by atomic mass is 19.1. The minimum atomic E-state index is -0.459. The first-order valence-electron chi connectivity index (χ1n) is 13.1. The minimum absolute atomic E-state index is 0.110. The molecular formula is C26H35FN10O. The number of benzene rings is 1. The lowest BCUT2D eigenvalue weighted by molar-refractivity contribution is 0.101. The average Bonchev–Trinajstić information content (AvgIpc) is 3.44. The maximum Gasteiger partial charge on any atom is 0.291 e. The van der Waals surface area contributed by atoms with E-state index in [2.05, 4.69) is 47.7 Å². The summed E-state index contributed by atoms with van der Waals surface area (Å²) in [5, 5.41) is 9.29. The molecule has 0 radical (unpaired) electrons. The van der Waals surface area contributed by atoms with Crippen LogP contribution in [-0.2, 0) is 0 Å². The van der Waals surface area contributed by atoms with E-state index in [1.807, 2.05) is 11.0 Å². The van der Waals surface area contributed by atoms with Crippen molar-refractivity contribution in [2.45, 2.75) is 25.8 Å². The standard InChI is InChI=1S/C26H35FN10O/c1-16-15-37(11-8-30-16)22-12-20(34-26(29-2)35-22)21-14-31-24(32-21)25(38)33-19-5-3-4-18(27)23(19)36-9-6-17(13-28)7-10-36/h3-5,12,14,16-17,30H,6-11,13,15,28H2,1-2H3,(H,31,32)(H,33,38)(H,29,34,35).